The molecule has 2 aromatic rings. The third kappa shape index (κ3) is 2.55. The molecule has 0 aliphatic carbocycles. The van der Waals surface area contributed by atoms with Gasteiger partial charge in [0.2, 0.25) is 0 Å². The van der Waals surface area contributed by atoms with Gasteiger partial charge in [-0.25, -0.2) is 4.39 Å². The van der Waals surface area contributed by atoms with Gasteiger partial charge >= 0.3 is 0 Å². The van der Waals surface area contributed by atoms with E-state index in [0.29, 0.717) is 5.56 Å². The van der Waals surface area contributed by atoms with E-state index in [1.165, 1.54) is 12.1 Å². The van der Waals surface area contributed by atoms with Gasteiger partial charge in [-0.1, -0.05) is 47.0 Å². The van der Waals surface area contributed by atoms with Crippen LogP contribution < -0.4 is 0 Å². The fraction of sp³-hybridized carbons (Fsp3) is 0.200. The number of aryl methyl sites for hydroxylation is 2. The van der Waals surface area contributed by atoms with Gasteiger partial charge in [-0.15, -0.1) is 0 Å². The molecule has 0 saturated heterocycles. The molecule has 1 atom stereocenters. The summed E-state index contributed by atoms with van der Waals surface area (Å²) in [5.74, 6) is -0.492. The summed E-state index contributed by atoms with van der Waals surface area (Å²) in [7, 11) is 0. The van der Waals surface area contributed by atoms with Crippen LogP contribution >= 0.6 is 11.6 Å². The summed E-state index contributed by atoms with van der Waals surface area (Å²) < 4.78 is 13.7. The highest BCUT2D eigenvalue weighted by atomic mass is 35.5. The Bertz CT molecular complexity index is 540. The van der Waals surface area contributed by atoms with E-state index in [9.17, 15) is 9.50 Å². The van der Waals surface area contributed by atoms with Crippen LogP contribution in [0.25, 0.3) is 0 Å². The van der Waals surface area contributed by atoms with Gasteiger partial charge in [-0.2, -0.15) is 0 Å². The van der Waals surface area contributed by atoms with Crippen molar-refractivity contribution in [3.05, 3.63) is 69.5 Å². The molecule has 0 saturated carbocycles. The van der Waals surface area contributed by atoms with Gasteiger partial charge < -0.3 is 5.11 Å². The molecule has 0 aromatic heterocycles. The summed E-state index contributed by atoms with van der Waals surface area (Å²) in [5, 5.41) is 10.5. The van der Waals surface area contributed by atoms with Crippen LogP contribution in [-0.2, 0) is 0 Å². The normalized spacial score (nSPS) is 12.5. The van der Waals surface area contributed by atoms with E-state index in [4.69, 9.17) is 11.6 Å². The first-order valence-electron chi connectivity index (χ1n) is 5.69. The number of aliphatic hydroxyl groups excluding tert-OH is 1. The van der Waals surface area contributed by atoms with Crippen LogP contribution in [0.2, 0.25) is 5.02 Å². The topological polar surface area (TPSA) is 20.2 Å². The van der Waals surface area contributed by atoms with E-state index < -0.39 is 11.9 Å². The molecule has 0 bridgehead atoms. The number of aliphatic hydroxyl groups is 1. The van der Waals surface area contributed by atoms with Crippen molar-refractivity contribution >= 4 is 11.6 Å². The highest BCUT2D eigenvalue weighted by Gasteiger charge is 2.18. The lowest BCUT2D eigenvalue weighted by Gasteiger charge is -2.15. The van der Waals surface area contributed by atoms with E-state index in [-0.39, 0.29) is 10.6 Å². The Morgan fingerprint density at radius 1 is 1.11 bits per heavy atom. The lowest BCUT2D eigenvalue weighted by molar-refractivity contribution is 0.215. The zero-order valence-corrected chi connectivity index (χ0v) is 11.0. The predicted molar refractivity (Wildman–Crippen MR) is 71.4 cm³/mol. The van der Waals surface area contributed by atoms with Crippen LogP contribution in [-0.4, -0.2) is 5.11 Å². The molecule has 0 spiro atoms. The molecule has 0 radical (unpaired) electrons. The monoisotopic (exact) mass is 264 g/mol. The quantitative estimate of drug-likeness (QED) is 0.863. The third-order valence-electron chi connectivity index (χ3n) is 2.83. The molecule has 0 fully saturated rings. The van der Waals surface area contributed by atoms with Crippen LogP contribution in [0, 0.1) is 19.7 Å². The Kier molecular flexibility index (Phi) is 3.69. The first kappa shape index (κ1) is 13.1. The van der Waals surface area contributed by atoms with E-state index >= 15 is 0 Å². The minimum Gasteiger partial charge on any atom is -0.383 e. The first-order valence-corrected chi connectivity index (χ1v) is 6.07. The molecule has 0 heterocycles. The van der Waals surface area contributed by atoms with E-state index in [0.717, 1.165) is 11.1 Å². The maximum absolute atomic E-state index is 13.7. The average molecular weight is 265 g/mol. The van der Waals surface area contributed by atoms with E-state index in [1.54, 1.807) is 6.07 Å². The van der Waals surface area contributed by atoms with Gasteiger partial charge in [0.05, 0.1) is 0 Å². The van der Waals surface area contributed by atoms with Gasteiger partial charge in [-0.3, -0.25) is 0 Å². The van der Waals surface area contributed by atoms with Gasteiger partial charge in [0.15, 0.2) is 0 Å². The second-order valence-corrected chi connectivity index (χ2v) is 4.87. The lowest BCUT2D eigenvalue weighted by Crippen LogP contribution is -2.04. The number of halogens is 2. The molecule has 94 valence electrons. The number of hydrogen-bond acceptors (Lipinski definition) is 1. The minimum absolute atomic E-state index is 0.129. The second-order valence-electron chi connectivity index (χ2n) is 4.46. The van der Waals surface area contributed by atoms with Gasteiger partial charge in [0, 0.05) is 10.6 Å². The molecule has 3 heteroatoms. The Hall–Kier alpha value is -1.38. The minimum atomic E-state index is -1.04. The second kappa shape index (κ2) is 5.09. The molecule has 0 amide bonds. The number of rotatable bonds is 2. The maximum Gasteiger partial charge on any atom is 0.130 e. The smallest absolute Gasteiger partial charge is 0.130 e. The van der Waals surface area contributed by atoms with Crippen molar-refractivity contribution in [3.8, 4) is 0 Å². The standard InChI is InChI=1S/C15H14ClFO/c1-9-6-10(2)8-11(7-9)15(18)14-12(16)4-3-5-13(14)17/h3-8,15,18H,1-2H3. The third-order valence-corrected chi connectivity index (χ3v) is 3.16. The fourth-order valence-corrected chi connectivity index (χ4v) is 2.37. The average Bonchev–Trinajstić information content (AvgIpc) is 2.27. The van der Waals surface area contributed by atoms with Crippen molar-refractivity contribution in [2.75, 3.05) is 0 Å². The van der Waals surface area contributed by atoms with Crippen molar-refractivity contribution in [1.82, 2.24) is 0 Å². The van der Waals surface area contributed by atoms with Crippen molar-refractivity contribution in [2.45, 2.75) is 20.0 Å². The summed E-state index contributed by atoms with van der Waals surface area (Å²) in [6.07, 6.45) is -1.04. The Labute approximate surface area is 111 Å². The van der Waals surface area contributed by atoms with E-state index in [2.05, 4.69) is 0 Å². The highest BCUT2D eigenvalue weighted by Crippen LogP contribution is 2.31. The first-order chi connectivity index (χ1) is 8.49. The number of benzene rings is 2. The molecule has 1 unspecified atom stereocenters. The summed E-state index contributed by atoms with van der Waals surface area (Å²) in [6.45, 7) is 3.87. The molecule has 2 aromatic carbocycles. The highest BCUT2D eigenvalue weighted by molar-refractivity contribution is 6.31. The van der Waals surface area contributed by atoms with Gasteiger partial charge in [0.25, 0.3) is 0 Å². The SMILES string of the molecule is Cc1cc(C)cc(C(O)c2c(F)cccc2Cl)c1. The molecule has 1 nitrogen and oxygen atoms in total. The van der Waals surface area contributed by atoms with Crippen molar-refractivity contribution in [2.24, 2.45) is 0 Å². The summed E-state index contributed by atoms with van der Waals surface area (Å²) >= 11 is 5.95. The van der Waals surface area contributed by atoms with Crippen LogP contribution in [0.5, 0.6) is 0 Å². The predicted octanol–water partition coefficient (Wildman–Crippen LogP) is 4.18. The van der Waals surface area contributed by atoms with Crippen molar-refractivity contribution in [3.63, 3.8) is 0 Å². The molecule has 2 rings (SSSR count). The van der Waals surface area contributed by atoms with Gasteiger partial charge in [-0.05, 0) is 31.5 Å². The van der Waals surface area contributed by atoms with Crippen LogP contribution in [0.1, 0.15) is 28.4 Å². The Morgan fingerprint density at radius 2 is 1.72 bits per heavy atom. The van der Waals surface area contributed by atoms with Gasteiger partial charge in [0.1, 0.15) is 11.9 Å². The van der Waals surface area contributed by atoms with Crippen molar-refractivity contribution in [1.29, 1.82) is 0 Å². The van der Waals surface area contributed by atoms with Crippen LogP contribution in [0.4, 0.5) is 4.39 Å². The molecule has 18 heavy (non-hydrogen) atoms. The molecule has 0 aliphatic heterocycles. The number of hydrogen-bond donors (Lipinski definition) is 1. The van der Waals surface area contributed by atoms with Crippen LogP contribution in [0.15, 0.2) is 36.4 Å². The zero-order valence-electron chi connectivity index (χ0n) is 10.2. The molecule has 1 N–H and O–H groups in total. The Balaban J connectivity index is 2.51. The Morgan fingerprint density at radius 3 is 2.28 bits per heavy atom. The summed E-state index contributed by atoms with van der Waals surface area (Å²) in [5.41, 5.74) is 2.83. The summed E-state index contributed by atoms with van der Waals surface area (Å²) in [4.78, 5) is 0. The molecule has 0 aliphatic rings. The molecular weight excluding hydrogens is 251 g/mol. The fourth-order valence-electron chi connectivity index (χ4n) is 2.11. The molecular formula is C15H14ClFO. The van der Waals surface area contributed by atoms with Crippen LogP contribution in [0.3, 0.4) is 0 Å². The van der Waals surface area contributed by atoms with Crippen molar-refractivity contribution < 1.29 is 9.50 Å². The lowest BCUT2D eigenvalue weighted by atomic mass is 9.97. The zero-order chi connectivity index (χ0) is 13.3. The maximum atomic E-state index is 13.7. The largest absolute Gasteiger partial charge is 0.383 e. The van der Waals surface area contributed by atoms with E-state index in [1.807, 2.05) is 32.0 Å². The summed E-state index contributed by atoms with van der Waals surface area (Å²) in [6, 6.07) is 10.1.